The highest BCUT2D eigenvalue weighted by Gasteiger charge is 2.18. The van der Waals surface area contributed by atoms with Gasteiger partial charge in [-0.2, -0.15) is 0 Å². The molecule has 0 aliphatic heterocycles. The molecule has 2 aromatic carbocycles. The Morgan fingerprint density at radius 2 is 1.75 bits per heavy atom. The Labute approximate surface area is 131 Å². The lowest BCUT2D eigenvalue weighted by molar-refractivity contribution is 0.596. The fraction of sp³-hybridized carbons (Fsp3) is 0.200. The lowest BCUT2D eigenvalue weighted by Gasteiger charge is -2.05. The van der Waals surface area contributed by atoms with Gasteiger partial charge < -0.3 is 0 Å². The topological polar surface area (TPSA) is 39.1 Å². The van der Waals surface area contributed by atoms with Gasteiger partial charge in [0.1, 0.15) is 0 Å². The van der Waals surface area contributed by atoms with Crippen molar-refractivity contribution in [2.75, 3.05) is 6.26 Å². The summed E-state index contributed by atoms with van der Waals surface area (Å²) in [6, 6.07) is 9.89. The van der Waals surface area contributed by atoms with E-state index < -0.39 is 10.0 Å². The molecule has 1 aromatic heterocycles. The predicted octanol–water partition coefficient (Wildman–Crippen LogP) is 3.82. The third kappa shape index (κ3) is 2.03. The zero-order valence-corrected chi connectivity index (χ0v) is 14.4. The van der Waals surface area contributed by atoms with E-state index in [1.165, 1.54) is 10.2 Å². The van der Waals surface area contributed by atoms with Crippen molar-refractivity contribution in [3.63, 3.8) is 0 Å². The number of halogens is 1. The number of aryl methyl sites for hydroxylation is 2. The fourth-order valence-corrected chi connectivity index (χ4v) is 4.34. The van der Waals surface area contributed by atoms with Crippen LogP contribution < -0.4 is 0 Å². The molecule has 0 spiro atoms. The summed E-state index contributed by atoms with van der Waals surface area (Å²) in [5.74, 6) is 0. The Balaban J connectivity index is 2.71. The van der Waals surface area contributed by atoms with Crippen LogP contribution in [0, 0.1) is 17.4 Å². The molecule has 0 fully saturated rings. The second kappa shape index (κ2) is 4.46. The molecule has 3 nitrogen and oxygen atoms in total. The molecule has 20 heavy (non-hydrogen) atoms. The third-order valence-corrected chi connectivity index (χ3v) is 5.18. The summed E-state index contributed by atoms with van der Waals surface area (Å²) in [5.41, 5.74) is 3.69. The Kier molecular flexibility index (Phi) is 3.10. The van der Waals surface area contributed by atoms with Crippen molar-refractivity contribution >= 4 is 54.4 Å². The van der Waals surface area contributed by atoms with Crippen LogP contribution in [-0.4, -0.2) is 18.6 Å². The van der Waals surface area contributed by atoms with E-state index in [1.54, 1.807) is 0 Å². The van der Waals surface area contributed by atoms with Gasteiger partial charge in [-0.05, 0) is 71.8 Å². The van der Waals surface area contributed by atoms with Gasteiger partial charge in [-0.25, -0.2) is 12.4 Å². The highest BCUT2D eigenvalue weighted by molar-refractivity contribution is 14.1. The first-order valence-electron chi connectivity index (χ1n) is 6.20. The molecule has 0 saturated carbocycles. The normalized spacial score (nSPS) is 12.4. The van der Waals surface area contributed by atoms with Crippen molar-refractivity contribution in [3.05, 3.63) is 45.0 Å². The van der Waals surface area contributed by atoms with Crippen LogP contribution in [0.1, 0.15) is 11.1 Å². The first-order valence-corrected chi connectivity index (χ1v) is 9.13. The zero-order valence-electron chi connectivity index (χ0n) is 11.4. The number of aromatic nitrogens is 1. The lowest BCUT2D eigenvalue weighted by atomic mass is 10.1. The van der Waals surface area contributed by atoms with Gasteiger partial charge in [-0.15, -0.1) is 0 Å². The van der Waals surface area contributed by atoms with Crippen LogP contribution in [0.2, 0.25) is 0 Å². The molecule has 0 unspecified atom stereocenters. The molecule has 0 amide bonds. The number of rotatable bonds is 1. The van der Waals surface area contributed by atoms with Crippen molar-refractivity contribution < 1.29 is 8.42 Å². The molecule has 0 saturated heterocycles. The smallest absolute Gasteiger partial charge is 0.236 e. The van der Waals surface area contributed by atoms with Crippen molar-refractivity contribution in [2.24, 2.45) is 0 Å². The first kappa shape index (κ1) is 13.9. The first-order chi connectivity index (χ1) is 9.29. The molecule has 0 N–H and O–H groups in total. The van der Waals surface area contributed by atoms with Crippen LogP contribution >= 0.6 is 22.6 Å². The van der Waals surface area contributed by atoms with Crippen molar-refractivity contribution in [1.29, 1.82) is 0 Å². The Morgan fingerprint density at radius 1 is 1.05 bits per heavy atom. The van der Waals surface area contributed by atoms with Gasteiger partial charge >= 0.3 is 0 Å². The molecule has 0 bridgehead atoms. The van der Waals surface area contributed by atoms with Crippen LogP contribution in [0.5, 0.6) is 0 Å². The summed E-state index contributed by atoms with van der Waals surface area (Å²) in [7, 11) is -3.34. The minimum absolute atomic E-state index is 0.747. The van der Waals surface area contributed by atoms with E-state index in [2.05, 4.69) is 28.7 Å². The van der Waals surface area contributed by atoms with Gasteiger partial charge in [0.2, 0.25) is 10.0 Å². The summed E-state index contributed by atoms with van der Waals surface area (Å²) in [5, 5.41) is 2.02. The van der Waals surface area contributed by atoms with Gasteiger partial charge in [0, 0.05) is 14.3 Å². The quantitative estimate of drug-likeness (QED) is 0.584. The van der Waals surface area contributed by atoms with E-state index in [4.69, 9.17) is 0 Å². The van der Waals surface area contributed by atoms with Crippen LogP contribution in [0.25, 0.3) is 21.8 Å². The Bertz CT molecular complexity index is 955. The van der Waals surface area contributed by atoms with Crippen LogP contribution in [-0.2, 0) is 10.0 Å². The maximum atomic E-state index is 12.2. The second-order valence-electron chi connectivity index (χ2n) is 5.16. The molecule has 1 heterocycles. The van der Waals surface area contributed by atoms with Gasteiger partial charge in [0.25, 0.3) is 0 Å². The Morgan fingerprint density at radius 3 is 2.40 bits per heavy atom. The van der Waals surface area contributed by atoms with E-state index in [-0.39, 0.29) is 0 Å². The van der Waals surface area contributed by atoms with Gasteiger partial charge in [0.05, 0.1) is 17.3 Å². The fourth-order valence-electron chi connectivity index (χ4n) is 2.83. The maximum Gasteiger partial charge on any atom is 0.236 e. The van der Waals surface area contributed by atoms with E-state index in [9.17, 15) is 8.42 Å². The highest BCUT2D eigenvalue weighted by atomic mass is 127. The van der Waals surface area contributed by atoms with Crippen LogP contribution in [0.15, 0.2) is 30.3 Å². The molecule has 3 aromatic rings. The maximum absolute atomic E-state index is 12.2. The van der Waals surface area contributed by atoms with E-state index in [1.807, 2.05) is 38.1 Å². The third-order valence-electron chi connectivity index (χ3n) is 3.46. The Hall–Kier alpha value is -1.08. The number of benzene rings is 2. The minimum atomic E-state index is -3.34. The average Bonchev–Trinajstić information content (AvgIpc) is 2.61. The zero-order chi connectivity index (χ0) is 14.7. The standard InChI is InChI=1S/C15H14INO2S/c1-9-6-10(2)15-12-8-11(16)4-5-13(12)17(14(15)7-9)20(3,18)19/h4-8H,1-3H3. The number of hydrogen-bond acceptors (Lipinski definition) is 2. The van der Waals surface area contributed by atoms with Crippen molar-refractivity contribution in [2.45, 2.75) is 13.8 Å². The molecule has 3 rings (SSSR count). The molecule has 0 aliphatic rings. The van der Waals surface area contributed by atoms with E-state index >= 15 is 0 Å². The summed E-state index contributed by atoms with van der Waals surface area (Å²) >= 11 is 2.25. The van der Waals surface area contributed by atoms with Gasteiger partial charge in [-0.1, -0.05) is 6.07 Å². The second-order valence-corrected chi connectivity index (χ2v) is 8.24. The van der Waals surface area contributed by atoms with Crippen molar-refractivity contribution in [3.8, 4) is 0 Å². The largest absolute Gasteiger partial charge is 0.237 e. The van der Waals surface area contributed by atoms with E-state index in [0.717, 1.165) is 36.5 Å². The summed E-state index contributed by atoms with van der Waals surface area (Å²) in [4.78, 5) is 0. The molecule has 0 radical (unpaired) electrons. The summed E-state index contributed by atoms with van der Waals surface area (Å²) in [6.45, 7) is 4.02. The van der Waals surface area contributed by atoms with Crippen molar-refractivity contribution in [1.82, 2.24) is 3.97 Å². The molecular formula is C15H14INO2S. The lowest BCUT2D eigenvalue weighted by Crippen LogP contribution is -2.09. The van der Waals surface area contributed by atoms with Crippen LogP contribution in [0.3, 0.4) is 0 Å². The predicted molar refractivity (Wildman–Crippen MR) is 91.9 cm³/mol. The molecule has 0 atom stereocenters. The highest BCUT2D eigenvalue weighted by Crippen LogP contribution is 2.34. The molecule has 104 valence electrons. The summed E-state index contributed by atoms with van der Waals surface area (Å²) < 4.78 is 26.9. The van der Waals surface area contributed by atoms with Gasteiger partial charge in [-0.3, -0.25) is 0 Å². The van der Waals surface area contributed by atoms with Crippen LogP contribution in [0.4, 0.5) is 0 Å². The summed E-state index contributed by atoms with van der Waals surface area (Å²) in [6.07, 6.45) is 1.25. The molecular weight excluding hydrogens is 385 g/mol. The molecule has 0 aliphatic carbocycles. The SMILES string of the molecule is Cc1cc(C)c2c3cc(I)ccc3n(S(C)(=O)=O)c2c1. The minimum Gasteiger partial charge on any atom is -0.237 e. The van der Waals surface area contributed by atoms with Gasteiger partial charge in [0.15, 0.2) is 0 Å². The average molecular weight is 399 g/mol. The number of nitrogens with zero attached hydrogens (tertiary/aromatic N) is 1. The van der Waals surface area contributed by atoms with E-state index in [0.29, 0.717) is 0 Å². The number of hydrogen-bond donors (Lipinski definition) is 0. The monoisotopic (exact) mass is 399 g/mol. The molecule has 5 heteroatoms. The number of fused-ring (bicyclic) bond motifs is 3.